The van der Waals surface area contributed by atoms with E-state index in [9.17, 15) is 24.6 Å². The third kappa shape index (κ3) is 9.04. The van der Waals surface area contributed by atoms with Gasteiger partial charge in [0.05, 0.1) is 13.2 Å². The Morgan fingerprint density at radius 1 is 1.03 bits per heavy atom. The highest BCUT2D eigenvalue weighted by Gasteiger charge is 2.29. The predicted molar refractivity (Wildman–Crippen MR) is 117 cm³/mol. The Bertz CT molecular complexity index is 695. The molecule has 0 aliphatic heterocycles. The van der Waals surface area contributed by atoms with E-state index < -0.39 is 36.0 Å². The summed E-state index contributed by atoms with van der Waals surface area (Å²) < 4.78 is 5.09. The molecule has 4 N–H and O–H groups in total. The summed E-state index contributed by atoms with van der Waals surface area (Å²) in [4.78, 5) is 36.1. The number of thioether (sulfide) groups is 1. The molecule has 0 saturated heterocycles. The molecule has 0 spiro atoms. The molecule has 0 fully saturated rings. The topological polar surface area (TPSA) is 125 Å². The van der Waals surface area contributed by atoms with Crippen molar-refractivity contribution in [3.8, 4) is 5.75 Å². The fourth-order valence-electron chi connectivity index (χ4n) is 2.95. The molecular formula is C21H32N2O6S. The summed E-state index contributed by atoms with van der Waals surface area (Å²) in [6, 6.07) is 4.13. The van der Waals surface area contributed by atoms with Crippen LogP contribution < -0.4 is 15.4 Å². The molecule has 0 aromatic heterocycles. The number of methoxy groups -OCH3 is 1. The number of amides is 1. The van der Waals surface area contributed by atoms with Crippen LogP contribution in [0.25, 0.3) is 0 Å². The number of carboxylic acids is 2. The highest BCUT2D eigenvalue weighted by atomic mass is 32.2. The van der Waals surface area contributed by atoms with Gasteiger partial charge in [0.1, 0.15) is 17.8 Å². The minimum absolute atomic E-state index is 0.105. The lowest BCUT2D eigenvalue weighted by Gasteiger charge is -2.26. The molecular weight excluding hydrogens is 408 g/mol. The van der Waals surface area contributed by atoms with Crippen molar-refractivity contribution in [1.29, 1.82) is 0 Å². The fourth-order valence-corrected chi connectivity index (χ4v) is 3.42. The first-order valence-electron chi connectivity index (χ1n) is 9.81. The van der Waals surface area contributed by atoms with Crippen molar-refractivity contribution >= 4 is 29.6 Å². The summed E-state index contributed by atoms with van der Waals surface area (Å²) >= 11 is 1.52. The van der Waals surface area contributed by atoms with Crippen LogP contribution in [0.3, 0.4) is 0 Å². The van der Waals surface area contributed by atoms with Crippen molar-refractivity contribution in [3.63, 3.8) is 0 Å². The van der Waals surface area contributed by atoms with Gasteiger partial charge < -0.3 is 20.3 Å². The standard InChI is InChI=1S/C21H32N2O6S/c1-13(2)11-17(22-16(20(25)26)9-10-30-4)19(24)23-18(21(27)28)12-14-5-7-15(29-3)8-6-14/h5-8,13,16-18,22H,9-12H2,1-4H3,(H,23,24)(H,25,26)(H,27,28)/t16-,17+,18+/m1/s1. The van der Waals surface area contributed by atoms with Gasteiger partial charge in [0, 0.05) is 6.42 Å². The number of rotatable bonds is 14. The second-order valence-corrected chi connectivity index (χ2v) is 8.46. The van der Waals surface area contributed by atoms with Gasteiger partial charge in [-0.1, -0.05) is 26.0 Å². The van der Waals surface area contributed by atoms with Gasteiger partial charge >= 0.3 is 11.9 Å². The molecule has 0 unspecified atom stereocenters. The number of aliphatic carboxylic acids is 2. The zero-order chi connectivity index (χ0) is 22.7. The Labute approximate surface area is 181 Å². The maximum atomic E-state index is 12.9. The first-order valence-corrected chi connectivity index (χ1v) is 11.2. The zero-order valence-electron chi connectivity index (χ0n) is 17.9. The van der Waals surface area contributed by atoms with Crippen LogP contribution in [0.4, 0.5) is 0 Å². The molecule has 0 bridgehead atoms. The monoisotopic (exact) mass is 440 g/mol. The van der Waals surface area contributed by atoms with Crippen LogP contribution in [0.5, 0.6) is 5.75 Å². The molecule has 0 heterocycles. The lowest BCUT2D eigenvalue weighted by atomic mass is 10.00. The average Bonchev–Trinajstić information content (AvgIpc) is 2.69. The van der Waals surface area contributed by atoms with Crippen molar-refractivity contribution in [2.75, 3.05) is 19.1 Å². The van der Waals surface area contributed by atoms with Crippen LogP contribution in [0.1, 0.15) is 32.3 Å². The van der Waals surface area contributed by atoms with E-state index in [-0.39, 0.29) is 12.3 Å². The SMILES string of the molecule is COc1ccc(C[C@H](NC(=O)[C@H](CC(C)C)N[C@H](CCSC)C(=O)O)C(=O)O)cc1. The summed E-state index contributed by atoms with van der Waals surface area (Å²) in [6.45, 7) is 3.84. The normalized spacial score (nSPS) is 14.0. The number of carboxylic acid groups (broad SMARTS) is 2. The molecule has 1 aromatic rings. The molecule has 1 rings (SSSR count). The van der Waals surface area contributed by atoms with E-state index in [4.69, 9.17) is 4.74 Å². The summed E-state index contributed by atoms with van der Waals surface area (Å²) in [5, 5.41) is 24.5. The Morgan fingerprint density at radius 2 is 1.63 bits per heavy atom. The van der Waals surface area contributed by atoms with Gasteiger partial charge in [0.2, 0.25) is 5.91 Å². The third-order valence-electron chi connectivity index (χ3n) is 4.55. The van der Waals surface area contributed by atoms with E-state index in [0.717, 1.165) is 5.56 Å². The molecule has 8 nitrogen and oxygen atoms in total. The Kier molecular flexibility index (Phi) is 11.3. The van der Waals surface area contributed by atoms with Crippen molar-refractivity contribution in [2.45, 2.75) is 51.2 Å². The smallest absolute Gasteiger partial charge is 0.326 e. The molecule has 0 aliphatic carbocycles. The fraction of sp³-hybridized carbons (Fsp3) is 0.571. The minimum Gasteiger partial charge on any atom is -0.497 e. The highest BCUT2D eigenvalue weighted by molar-refractivity contribution is 7.98. The van der Waals surface area contributed by atoms with Gasteiger partial charge in [-0.15, -0.1) is 0 Å². The van der Waals surface area contributed by atoms with E-state index in [2.05, 4.69) is 10.6 Å². The number of hydrogen-bond acceptors (Lipinski definition) is 6. The van der Waals surface area contributed by atoms with E-state index in [1.165, 1.54) is 11.8 Å². The van der Waals surface area contributed by atoms with Gasteiger partial charge in [-0.2, -0.15) is 11.8 Å². The Morgan fingerprint density at radius 3 is 2.10 bits per heavy atom. The van der Waals surface area contributed by atoms with Crippen LogP contribution in [0.2, 0.25) is 0 Å². The molecule has 1 aromatic carbocycles. The number of benzene rings is 1. The molecule has 168 valence electrons. The highest BCUT2D eigenvalue weighted by Crippen LogP contribution is 2.14. The molecule has 9 heteroatoms. The molecule has 0 saturated carbocycles. The van der Waals surface area contributed by atoms with Crippen molar-refractivity contribution < 1.29 is 29.3 Å². The summed E-state index contributed by atoms with van der Waals surface area (Å²) in [5.74, 6) is -1.29. The van der Waals surface area contributed by atoms with Crippen molar-refractivity contribution in [2.24, 2.45) is 5.92 Å². The zero-order valence-corrected chi connectivity index (χ0v) is 18.7. The van der Waals surface area contributed by atoms with Crippen LogP contribution >= 0.6 is 11.8 Å². The number of carbonyl (C=O) groups excluding carboxylic acids is 1. The van der Waals surface area contributed by atoms with E-state index in [0.29, 0.717) is 24.3 Å². The van der Waals surface area contributed by atoms with Crippen molar-refractivity contribution in [3.05, 3.63) is 29.8 Å². The number of nitrogens with one attached hydrogen (secondary N) is 2. The van der Waals surface area contributed by atoms with Crippen LogP contribution in [0.15, 0.2) is 24.3 Å². The Balaban J connectivity index is 2.90. The second-order valence-electron chi connectivity index (χ2n) is 7.47. The lowest BCUT2D eigenvalue weighted by Crippen LogP contribution is -2.55. The molecule has 1 amide bonds. The van der Waals surface area contributed by atoms with Gasteiger partial charge in [0.25, 0.3) is 0 Å². The second kappa shape index (κ2) is 13.1. The van der Waals surface area contributed by atoms with Gasteiger partial charge in [0.15, 0.2) is 0 Å². The molecule has 3 atom stereocenters. The average molecular weight is 441 g/mol. The van der Waals surface area contributed by atoms with Crippen molar-refractivity contribution in [1.82, 2.24) is 10.6 Å². The Hall–Kier alpha value is -2.26. The first kappa shape index (κ1) is 25.8. The van der Waals surface area contributed by atoms with E-state index >= 15 is 0 Å². The van der Waals surface area contributed by atoms with Crippen LogP contribution in [-0.2, 0) is 20.8 Å². The van der Waals surface area contributed by atoms with E-state index in [1.807, 2.05) is 20.1 Å². The third-order valence-corrected chi connectivity index (χ3v) is 5.19. The number of hydrogen-bond donors (Lipinski definition) is 4. The van der Waals surface area contributed by atoms with Gasteiger partial charge in [-0.05, 0) is 48.5 Å². The molecule has 30 heavy (non-hydrogen) atoms. The summed E-state index contributed by atoms with van der Waals surface area (Å²) in [6.07, 6.45) is 2.75. The molecule has 0 radical (unpaired) electrons. The van der Waals surface area contributed by atoms with Gasteiger partial charge in [-0.25, -0.2) is 4.79 Å². The summed E-state index contributed by atoms with van der Waals surface area (Å²) in [5.41, 5.74) is 0.736. The van der Waals surface area contributed by atoms with Crippen LogP contribution in [-0.4, -0.2) is 65.3 Å². The van der Waals surface area contributed by atoms with E-state index in [1.54, 1.807) is 31.4 Å². The van der Waals surface area contributed by atoms with Crippen LogP contribution in [0, 0.1) is 5.92 Å². The largest absolute Gasteiger partial charge is 0.497 e. The maximum Gasteiger partial charge on any atom is 0.326 e. The summed E-state index contributed by atoms with van der Waals surface area (Å²) in [7, 11) is 1.54. The predicted octanol–water partition coefficient (Wildman–Crippen LogP) is 2.02. The minimum atomic E-state index is -1.15. The number of ether oxygens (including phenoxy) is 1. The number of carbonyl (C=O) groups is 3. The quantitative estimate of drug-likeness (QED) is 0.346. The molecule has 0 aliphatic rings. The first-order chi connectivity index (χ1) is 14.2. The van der Waals surface area contributed by atoms with Gasteiger partial charge in [-0.3, -0.25) is 14.9 Å². The lowest BCUT2D eigenvalue weighted by molar-refractivity contribution is -0.143. The maximum absolute atomic E-state index is 12.9.